The van der Waals surface area contributed by atoms with Gasteiger partial charge < -0.3 is 9.08 Å². The second kappa shape index (κ2) is 8.99. The van der Waals surface area contributed by atoms with Gasteiger partial charge in [-0.25, -0.2) is 4.39 Å². The van der Waals surface area contributed by atoms with Crippen LogP contribution in [0.4, 0.5) is 4.39 Å². The number of nitrogens with zero attached hydrogens (tertiary/aromatic N) is 1. The van der Waals surface area contributed by atoms with Crippen molar-refractivity contribution < 1.29 is 21.8 Å². The van der Waals surface area contributed by atoms with Crippen molar-refractivity contribution >= 4 is 16.0 Å². The van der Waals surface area contributed by atoms with E-state index in [9.17, 15) is 17.6 Å². The van der Waals surface area contributed by atoms with Gasteiger partial charge in [0.15, 0.2) is 0 Å². The Hall–Kier alpha value is -2.41. The van der Waals surface area contributed by atoms with Crippen LogP contribution in [0.1, 0.15) is 43.1 Å². The molecule has 146 valence electrons. The summed E-state index contributed by atoms with van der Waals surface area (Å²) in [5, 5.41) is 0. The number of carbonyl (C=O) groups is 1. The van der Waals surface area contributed by atoms with Gasteiger partial charge in [-0.15, -0.1) is 0 Å². The normalized spacial score (nSPS) is 12.4. The Bertz CT molecular complexity index is 864. The van der Waals surface area contributed by atoms with Crippen LogP contribution in [0.3, 0.4) is 0 Å². The molecule has 0 N–H and O–H groups in total. The molecule has 7 heteroatoms. The number of hydrogen-bond acceptors (Lipinski definition) is 4. The molecule has 0 radical (unpaired) electrons. The average Bonchev–Trinajstić information content (AvgIpc) is 2.66. The van der Waals surface area contributed by atoms with E-state index >= 15 is 0 Å². The van der Waals surface area contributed by atoms with Gasteiger partial charge in [0.2, 0.25) is 0 Å². The lowest BCUT2D eigenvalue weighted by Gasteiger charge is -2.29. The van der Waals surface area contributed by atoms with Crippen LogP contribution in [-0.4, -0.2) is 31.0 Å². The van der Waals surface area contributed by atoms with Crippen LogP contribution in [0.2, 0.25) is 0 Å². The van der Waals surface area contributed by atoms with E-state index in [2.05, 4.69) is 0 Å². The molecule has 0 aliphatic heterocycles. The number of halogens is 1. The van der Waals surface area contributed by atoms with E-state index in [0.717, 1.165) is 12.0 Å². The summed E-state index contributed by atoms with van der Waals surface area (Å²) in [6.45, 7) is 5.80. The number of carbonyl (C=O) groups excluding carboxylic acids is 1. The van der Waals surface area contributed by atoms with Crippen LogP contribution in [-0.2, 0) is 16.7 Å². The van der Waals surface area contributed by atoms with E-state index in [1.165, 1.54) is 31.2 Å². The zero-order valence-corrected chi connectivity index (χ0v) is 16.5. The molecule has 0 aliphatic carbocycles. The summed E-state index contributed by atoms with van der Waals surface area (Å²) in [5.74, 6) is -0.444. The number of rotatable bonds is 8. The Balaban J connectivity index is 2.18. The summed E-state index contributed by atoms with van der Waals surface area (Å²) in [5.41, 5.74) is 1.26. The molecule has 1 amide bonds. The lowest BCUT2D eigenvalue weighted by molar-refractivity contribution is 0.0671. The SMILES string of the molecule is CC[C@H](C)N(Cc1ccc(OS(=O)(=O)CC)cc1)C(=O)c1ccc(F)cc1. The van der Waals surface area contributed by atoms with Crippen molar-refractivity contribution in [3.63, 3.8) is 0 Å². The molecule has 0 saturated heterocycles. The maximum absolute atomic E-state index is 13.1. The number of amides is 1. The summed E-state index contributed by atoms with van der Waals surface area (Å²) >= 11 is 0. The largest absolute Gasteiger partial charge is 0.382 e. The molecule has 2 aromatic rings. The Morgan fingerprint density at radius 1 is 1.07 bits per heavy atom. The minimum atomic E-state index is -3.57. The molecule has 27 heavy (non-hydrogen) atoms. The van der Waals surface area contributed by atoms with Crippen molar-refractivity contribution in [1.82, 2.24) is 4.90 Å². The lowest BCUT2D eigenvalue weighted by Crippen LogP contribution is -2.37. The van der Waals surface area contributed by atoms with Gasteiger partial charge in [0, 0.05) is 18.2 Å². The van der Waals surface area contributed by atoms with Gasteiger partial charge in [-0.05, 0) is 62.2 Å². The van der Waals surface area contributed by atoms with Crippen molar-refractivity contribution in [2.24, 2.45) is 0 Å². The molecule has 2 aromatic carbocycles. The lowest BCUT2D eigenvalue weighted by atomic mass is 10.1. The van der Waals surface area contributed by atoms with Crippen LogP contribution in [0.15, 0.2) is 48.5 Å². The van der Waals surface area contributed by atoms with E-state index in [0.29, 0.717) is 12.1 Å². The maximum Gasteiger partial charge on any atom is 0.308 e. The molecule has 0 unspecified atom stereocenters. The van der Waals surface area contributed by atoms with Crippen molar-refractivity contribution in [2.75, 3.05) is 5.75 Å². The highest BCUT2D eigenvalue weighted by Gasteiger charge is 2.21. The maximum atomic E-state index is 13.1. The van der Waals surface area contributed by atoms with Crippen molar-refractivity contribution in [3.8, 4) is 5.75 Å². The number of hydrogen-bond donors (Lipinski definition) is 0. The fraction of sp³-hybridized carbons (Fsp3) is 0.350. The summed E-state index contributed by atoms with van der Waals surface area (Å²) in [6.07, 6.45) is 0.767. The molecular formula is C20H24FNO4S. The molecular weight excluding hydrogens is 369 g/mol. The predicted molar refractivity (Wildman–Crippen MR) is 103 cm³/mol. The molecule has 0 aromatic heterocycles. The minimum Gasteiger partial charge on any atom is -0.382 e. The predicted octanol–water partition coefficient (Wildman–Crippen LogP) is 4.00. The van der Waals surface area contributed by atoms with Gasteiger partial charge >= 0.3 is 10.1 Å². The van der Waals surface area contributed by atoms with Crippen LogP contribution in [0, 0.1) is 5.82 Å². The van der Waals surface area contributed by atoms with E-state index < -0.39 is 10.1 Å². The smallest absolute Gasteiger partial charge is 0.308 e. The van der Waals surface area contributed by atoms with Crippen molar-refractivity contribution in [1.29, 1.82) is 0 Å². The highest BCUT2D eigenvalue weighted by Crippen LogP contribution is 2.19. The first-order valence-electron chi connectivity index (χ1n) is 8.83. The molecule has 0 fully saturated rings. The fourth-order valence-electron chi connectivity index (χ4n) is 2.46. The highest BCUT2D eigenvalue weighted by atomic mass is 32.2. The van der Waals surface area contributed by atoms with Crippen molar-refractivity contribution in [3.05, 3.63) is 65.5 Å². The quantitative estimate of drug-likeness (QED) is 0.636. The summed E-state index contributed by atoms with van der Waals surface area (Å²) in [7, 11) is -3.57. The van der Waals surface area contributed by atoms with Gasteiger partial charge in [-0.1, -0.05) is 19.1 Å². The standard InChI is InChI=1S/C20H24FNO4S/c1-4-15(3)22(20(23)17-8-10-18(21)11-9-17)14-16-6-12-19(13-7-16)26-27(24,25)5-2/h6-13,15H,4-5,14H2,1-3H3/t15-/m0/s1. The molecule has 0 saturated carbocycles. The van der Waals surface area contributed by atoms with E-state index in [-0.39, 0.29) is 29.3 Å². The molecule has 0 heterocycles. The third-order valence-electron chi connectivity index (χ3n) is 4.33. The molecule has 2 rings (SSSR count). The first-order chi connectivity index (χ1) is 12.8. The van der Waals surface area contributed by atoms with E-state index in [1.807, 2.05) is 13.8 Å². The molecule has 0 spiro atoms. The molecule has 0 aliphatic rings. The van der Waals surface area contributed by atoms with Gasteiger partial charge in [0.25, 0.3) is 5.91 Å². The monoisotopic (exact) mass is 393 g/mol. The summed E-state index contributed by atoms with van der Waals surface area (Å²) in [4.78, 5) is 14.6. The summed E-state index contributed by atoms with van der Waals surface area (Å²) < 4.78 is 41.1. The first-order valence-corrected chi connectivity index (χ1v) is 10.4. The Morgan fingerprint density at radius 3 is 2.19 bits per heavy atom. The second-order valence-corrected chi connectivity index (χ2v) is 8.13. The Kier molecular flexibility index (Phi) is 6.96. The third kappa shape index (κ3) is 5.79. The topological polar surface area (TPSA) is 63.7 Å². The van der Waals surface area contributed by atoms with Crippen LogP contribution < -0.4 is 4.18 Å². The molecule has 0 bridgehead atoms. The Labute approximate surface area is 159 Å². The minimum absolute atomic E-state index is 0.0149. The zero-order valence-electron chi connectivity index (χ0n) is 15.7. The van der Waals surface area contributed by atoms with Gasteiger partial charge in [-0.3, -0.25) is 4.79 Å². The second-order valence-electron chi connectivity index (χ2n) is 6.27. The average molecular weight is 393 g/mol. The Morgan fingerprint density at radius 2 is 1.67 bits per heavy atom. The molecule has 1 atom stereocenters. The third-order valence-corrected chi connectivity index (χ3v) is 5.48. The van der Waals surface area contributed by atoms with Crippen LogP contribution in [0.25, 0.3) is 0 Å². The number of benzene rings is 2. The van der Waals surface area contributed by atoms with Crippen molar-refractivity contribution in [2.45, 2.75) is 39.8 Å². The van der Waals surface area contributed by atoms with E-state index in [4.69, 9.17) is 4.18 Å². The first kappa shape index (κ1) is 20.9. The van der Waals surface area contributed by atoms with Crippen LogP contribution >= 0.6 is 0 Å². The fourth-order valence-corrected chi connectivity index (χ4v) is 2.98. The van der Waals surface area contributed by atoms with Gasteiger partial charge in [0.05, 0.1) is 5.75 Å². The van der Waals surface area contributed by atoms with Crippen LogP contribution in [0.5, 0.6) is 5.75 Å². The molecule has 5 nitrogen and oxygen atoms in total. The summed E-state index contributed by atoms with van der Waals surface area (Å²) in [6, 6.07) is 12.1. The zero-order chi connectivity index (χ0) is 20.0. The van der Waals surface area contributed by atoms with Gasteiger partial charge in [-0.2, -0.15) is 8.42 Å². The van der Waals surface area contributed by atoms with E-state index in [1.54, 1.807) is 29.2 Å². The highest BCUT2D eigenvalue weighted by molar-refractivity contribution is 7.87. The van der Waals surface area contributed by atoms with Gasteiger partial charge in [0.1, 0.15) is 11.6 Å².